The summed E-state index contributed by atoms with van der Waals surface area (Å²) in [6.45, 7) is 6.41. The van der Waals surface area contributed by atoms with Crippen LogP contribution in [0.1, 0.15) is 69.2 Å². The maximum absolute atomic E-state index is 12.4. The quantitative estimate of drug-likeness (QED) is 0.648. The number of carbonyl (C=O) groups is 1. The summed E-state index contributed by atoms with van der Waals surface area (Å²) >= 11 is 6.12. The van der Waals surface area contributed by atoms with E-state index in [1.807, 2.05) is 25.1 Å². The fourth-order valence-corrected chi connectivity index (χ4v) is 3.39. The van der Waals surface area contributed by atoms with Gasteiger partial charge in [0, 0.05) is 36.0 Å². The van der Waals surface area contributed by atoms with Crippen molar-refractivity contribution in [2.24, 2.45) is 5.92 Å². The minimum Gasteiger partial charge on any atom is -0.326 e. The van der Waals surface area contributed by atoms with Gasteiger partial charge < -0.3 is 9.88 Å². The van der Waals surface area contributed by atoms with Gasteiger partial charge in [-0.25, -0.2) is 0 Å². The molecule has 0 spiro atoms. The molecule has 5 nitrogen and oxygen atoms in total. The van der Waals surface area contributed by atoms with Crippen molar-refractivity contribution in [1.29, 1.82) is 0 Å². The Hall–Kier alpha value is -1.88. The van der Waals surface area contributed by atoms with Crippen molar-refractivity contribution >= 4 is 23.2 Å². The fourth-order valence-electron chi connectivity index (χ4n) is 3.22. The molecule has 146 valence electrons. The normalized spacial score (nSPS) is 15.0. The van der Waals surface area contributed by atoms with E-state index < -0.39 is 0 Å². The van der Waals surface area contributed by atoms with E-state index in [9.17, 15) is 4.79 Å². The Morgan fingerprint density at radius 3 is 2.67 bits per heavy atom. The minimum absolute atomic E-state index is 0.0214. The number of amides is 1. The van der Waals surface area contributed by atoms with Crippen LogP contribution in [0.4, 0.5) is 5.69 Å². The maximum Gasteiger partial charge on any atom is 0.224 e. The fraction of sp³-hybridized carbons (Fsp3) is 0.571. The van der Waals surface area contributed by atoms with Gasteiger partial charge in [-0.05, 0) is 49.8 Å². The maximum atomic E-state index is 12.4. The van der Waals surface area contributed by atoms with Gasteiger partial charge in [-0.2, -0.15) is 0 Å². The lowest BCUT2D eigenvalue weighted by atomic mass is 10.0. The first-order chi connectivity index (χ1) is 13.0. The summed E-state index contributed by atoms with van der Waals surface area (Å²) in [7, 11) is 0. The minimum atomic E-state index is -0.0214. The molecule has 0 aliphatic heterocycles. The summed E-state index contributed by atoms with van der Waals surface area (Å²) in [4.78, 5) is 12.4. The Kier molecular flexibility index (Phi) is 6.53. The second-order valence-electron chi connectivity index (χ2n) is 7.65. The Balaban J connectivity index is 1.61. The molecule has 1 unspecified atom stereocenters. The molecule has 0 bridgehead atoms. The number of nitrogens with zero attached hydrogens (tertiary/aromatic N) is 3. The smallest absolute Gasteiger partial charge is 0.224 e. The van der Waals surface area contributed by atoms with Crippen molar-refractivity contribution in [3.05, 3.63) is 40.4 Å². The van der Waals surface area contributed by atoms with Crippen LogP contribution in [-0.2, 0) is 17.6 Å². The number of benzene rings is 1. The van der Waals surface area contributed by atoms with Crippen LogP contribution < -0.4 is 5.32 Å². The van der Waals surface area contributed by atoms with Gasteiger partial charge in [-0.15, -0.1) is 10.2 Å². The number of hydrogen-bond donors (Lipinski definition) is 1. The highest BCUT2D eigenvalue weighted by Crippen LogP contribution is 2.37. The molecule has 3 rings (SSSR count). The number of aromatic nitrogens is 3. The second kappa shape index (κ2) is 8.87. The molecule has 1 aliphatic rings. The van der Waals surface area contributed by atoms with Gasteiger partial charge in [0.1, 0.15) is 11.6 Å². The van der Waals surface area contributed by atoms with Gasteiger partial charge in [-0.3, -0.25) is 4.79 Å². The highest BCUT2D eigenvalue weighted by molar-refractivity contribution is 6.31. The van der Waals surface area contributed by atoms with Crippen LogP contribution >= 0.6 is 11.6 Å². The molecule has 0 radical (unpaired) electrons. The van der Waals surface area contributed by atoms with E-state index >= 15 is 0 Å². The average molecular weight is 389 g/mol. The molecular formula is C21H29ClN4O. The molecule has 1 heterocycles. The summed E-state index contributed by atoms with van der Waals surface area (Å²) in [5.41, 5.74) is 1.66. The Morgan fingerprint density at radius 1 is 1.30 bits per heavy atom. The molecule has 1 atom stereocenters. The van der Waals surface area contributed by atoms with Crippen LogP contribution in [0.15, 0.2) is 18.2 Å². The van der Waals surface area contributed by atoms with Crippen LogP contribution in [0, 0.1) is 12.8 Å². The van der Waals surface area contributed by atoms with Crippen LogP contribution in [0.3, 0.4) is 0 Å². The lowest BCUT2D eigenvalue weighted by Gasteiger charge is -2.12. The van der Waals surface area contributed by atoms with Crippen molar-refractivity contribution in [2.45, 2.75) is 71.8 Å². The highest BCUT2D eigenvalue weighted by Gasteiger charge is 2.29. The van der Waals surface area contributed by atoms with E-state index in [2.05, 4.69) is 33.9 Å². The molecule has 1 aromatic carbocycles. The van der Waals surface area contributed by atoms with Gasteiger partial charge in [0.05, 0.1) is 0 Å². The van der Waals surface area contributed by atoms with E-state index in [0.717, 1.165) is 35.7 Å². The number of anilines is 1. The zero-order valence-corrected chi connectivity index (χ0v) is 17.2. The first kappa shape index (κ1) is 19.9. The molecule has 1 saturated carbocycles. The third kappa shape index (κ3) is 5.10. The van der Waals surface area contributed by atoms with Gasteiger partial charge in [0.2, 0.25) is 5.91 Å². The topological polar surface area (TPSA) is 59.8 Å². The number of rotatable bonds is 9. The zero-order chi connectivity index (χ0) is 19.4. The summed E-state index contributed by atoms with van der Waals surface area (Å²) in [5, 5.41) is 12.5. The third-order valence-electron chi connectivity index (χ3n) is 5.42. The molecule has 6 heteroatoms. The average Bonchev–Trinajstić information content (AvgIpc) is 3.42. The summed E-state index contributed by atoms with van der Waals surface area (Å²) in [5.74, 6) is 2.70. The first-order valence-corrected chi connectivity index (χ1v) is 10.3. The Morgan fingerprint density at radius 2 is 2.00 bits per heavy atom. The molecule has 2 aromatic rings. The van der Waals surface area contributed by atoms with E-state index in [1.54, 1.807) is 0 Å². The molecule has 1 amide bonds. The highest BCUT2D eigenvalue weighted by atomic mass is 35.5. The lowest BCUT2D eigenvalue weighted by molar-refractivity contribution is -0.116. The molecule has 1 aliphatic carbocycles. The van der Waals surface area contributed by atoms with E-state index in [1.165, 1.54) is 19.3 Å². The van der Waals surface area contributed by atoms with E-state index in [0.29, 0.717) is 29.8 Å². The van der Waals surface area contributed by atoms with Crippen LogP contribution in [-0.4, -0.2) is 20.7 Å². The van der Waals surface area contributed by atoms with Crippen molar-refractivity contribution in [2.75, 3.05) is 5.32 Å². The first-order valence-electron chi connectivity index (χ1n) is 9.97. The largest absolute Gasteiger partial charge is 0.326 e. The summed E-state index contributed by atoms with van der Waals surface area (Å²) in [6.07, 6.45) is 6.67. The molecular weight excluding hydrogens is 360 g/mol. The molecule has 0 saturated heterocycles. The number of nitrogens with one attached hydrogen (secondary N) is 1. The predicted molar refractivity (Wildman–Crippen MR) is 109 cm³/mol. The SMILES string of the molecule is CCC(C)CCc1nnc(CCC(=O)Nc2cccc(Cl)c2C)n1C1CC1. The zero-order valence-electron chi connectivity index (χ0n) is 16.5. The summed E-state index contributed by atoms with van der Waals surface area (Å²) < 4.78 is 2.29. The van der Waals surface area contributed by atoms with Gasteiger partial charge in [0.15, 0.2) is 0 Å². The Bertz CT molecular complexity index is 797. The number of hydrogen-bond acceptors (Lipinski definition) is 3. The van der Waals surface area contributed by atoms with Crippen molar-refractivity contribution < 1.29 is 4.79 Å². The molecule has 27 heavy (non-hydrogen) atoms. The van der Waals surface area contributed by atoms with Gasteiger partial charge in [0.25, 0.3) is 0 Å². The number of carbonyl (C=O) groups excluding carboxylic acids is 1. The summed E-state index contributed by atoms with van der Waals surface area (Å²) in [6, 6.07) is 6.07. The third-order valence-corrected chi connectivity index (χ3v) is 5.83. The standard InChI is InChI=1S/C21H29ClN4O/c1-4-14(2)8-11-19-24-25-20(26(19)16-9-10-16)12-13-21(27)23-18-7-5-6-17(22)15(18)3/h5-7,14,16H,4,8-13H2,1-3H3,(H,23,27). The van der Waals surface area contributed by atoms with Crippen molar-refractivity contribution in [1.82, 2.24) is 14.8 Å². The van der Waals surface area contributed by atoms with Crippen LogP contribution in [0.25, 0.3) is 0 Å². The number of halogens is 1. The monoisotopic (exact) mass is 388 g/mol. The molecule has 1 aromatic heterocycles. The Labute approximate surface area is 166 Å². The number of aryl methyl sites for hydroxylation is 2. The molecule has 1 N–H and O–H groups in total. The van der Waals surface area contributed by atoms with E-state index in [-0.39, 0.29) is 5.91 Å². The second-order valence-corrected chi connectivity index (χ2v) is 8.05. The lowest BCUT2D eigenvalue weighted by Crippen LogP contribution is -2.15. The van der Waals surface area contributed by atoms with Crippen molar-refractivity contribution in [3.8, 4) is 0 Å². The molecule has 1 fully saturated rings. The van der Waals surface area contributed by atoms with Gasteiger partial charge in [-0.1, -0.05) is 37.9 Å². The van der Waals surface area contributed by atoms with Gasteiger partial charge >= 0.3 is 0 Å². The van der Waals surface area contributed by atoms with Crippen LogP contribution in [0.2, 0.25) is 5.02 Å². The van der Waals surface area contributed by atoms with Crippen molar-refractivity contribution in [3.63, 3.8) is 0 Å². The van der Waals surface area contributed by atoms with E-state index in [4.69, 9.17) is 11.6 Å². The predicted octanol–water partition coefficient (Wildman–Crippen LogP) is 5.12. The van der Waals surface area contributed by atoms with Crippen LogP contribution in [0.5, 0.6) is 0 Å².